The summed E-state index contributed by atoms with van der Waals surface area (Å²) in [6.07, 6.45) is 6.69. The number of piperidine rings is 1. The molecule has 1 aliphatic rings. The Morgan fingerprint density at radius 1 is 1.48 bits per heavy atom. The topological polar surface area (TPSA) is 88.1 Å². The highest BCUT2D eigenvalue weighted by Crippen LogP contribution is 2.32. The van der Waals surface area contributed by atoms with Crippen molar-refractivity contribution in [3.05, 3.63) is 23.7 Å². The summed E-state index contributed by atoms with van der Waals surface area (Å²) >= 11 is 0. The highest BCUT2D eigenvalue weighted by Gasteiger charge is 2.30. The van der Waals surface area contributed by atoms with E-state index in [1.54, 1.807) is 25.0 Å². The lowest BCUT2D eigenvalue weighted by Crippen LogP contribution is -2.41. The van der Waals surface area contributed by atoms with E-state index < -0.39 is 0 Å². The van der Waals surface area contributed by atoms with Gasteiger partial charge < -0.3 is 15.0 Å². The highest BCUT2D eigenvalue weighted by molar-refractivity contribution is 5.91. The summed E-state index contributed by atoms with van der Waals surface area (Å²) in [4.78, 5) is 14.7. The van der Waals surface area contributed by atoms with Gasteiger partial charge in [-0.2, -0.15) is 10.2 Å². The van der Waals surface area contributed by atoms with Crippen molar-refractivity contribution >= 4 is 11.7 Å². The van der Waals surface area contributed by atoms with E-state index in [2.05, 4.69) is 20.6 Å². The number of aromatic amines is 1. The number of rotatable bonds is 3. The standard InChI is InChI=1S/C15H22N6O2/c1-10-13(14(23-3)20(2)19-10)18-15(22)21-7-5-4-6-12(21)11-8-16-17-9-11/h8-9,12H,4-7H2,1-3H3,(H,16,17)(H,18,22). The van der Waals surface area contributed by atoms with E-state index in [-0.39, 0.29) is 12.1 Å². The van der Waals surface area contributed by atoms with Crippen molar-refractivity contribution in [2.45, 2.75) is 32.2 Å². The first-order valence-electron chi connectivity index (χ1n) is 7.75. The molecule has 2 aromatic rings. The summed E-state index contributed by atoms with van der Waals surface area (Å²) in [7, 11) is 3.36. The van der Waals surface area contributed by atoms with Crippen molar-refractivity contribution in [1.29, 1.82) is 0 Å². The van der Waals surface area contributed by atoms with Crippen molar-refractivity contribution in [2.24, 2.45) is 7.05 Å². The smallest absolute Gasteiger partial charge is 0.322 e. The maximum absolute atomic E-state index is 12.8. The molecule has 0 aliphatic carbocycles. The predicted molar refractivity (Wildman–Crippen MR) is 85.4 cm³/mol. The Bertz CT molecular complexity index is 678. The van der Waals surface area contributed by atoms with Crippen LogP contribution in [0.4, 0.5) is 10.5 Å². The molecule has 8 heteroatoms. The lowest BCUT2D eigenvalue weighted by atomic mass is 9.98. The summed E-state index contributed by atoms with van der Waals surface area (Å²) in [5.41, 5.74) is 2.39. The van der Waals surface area contributed by atoms with E-state index in [0.29, 0.717) is 11.6 Å². The lowest BCUT2D eigenvalue weighted by molar-refractivity contribution is 0.163. The van der Waals surface area contributed by atoms with Crippen molar-refractivity contribution < 1.29 is 9.53 Å². The minimum absolute atomic E-state index is 0.0467. The highest BCUT2D eigenvalue weighted by atomic mass is 16.5. The number of hydrogen-bond donors (Lipinski definition) is 2. The number of aromatic nitrogens is 4. The zero-order valence-corrected chi connectivity index (χ0v) is 13.7. The molecule has 1 unspecified atom stereocenters. The Morgan fingerprint density at radius 3 is 3.00 bits per heavy atom. The molecule has 3 rings (SSSR count). The van der Waals surface area contributed by atoms with Crippen molar-refractivity contribution in [3.8, 4) is 5.88 Å². The number of carbonyl (C=O) groups excluding carboxylic acids is 1. The molecular weight excluding hydrogens is 296 g/mol. The molecule has 0 saturated carbocycles. The number of urea groups is 1. The first kappa shape index (κ1) is 15.4. The van der Waals surface area contributed by atoms with Crippen LogP contribution in [-0.2, 0) is 7.05 Å². The van der Waals surface area contributed by atoms with Crippen LogP contribution in [0, 0.1) is 6.92 Å². The van der Waals surface area contributed by atoms with Crippen LogP contribution in [0.1, 0.15) is 36.6 Å². The second-order valence-corrected chi connectivity index (χ2v) is 5.76. The van der Waals surface area contributed by atoms with Gasteiger partial charge in [0, 0.05) is 25.4 Å². The van der Waals surface area contributed by atoms with Gasteiger partial charge >= 0.3 is 6.03 Å². The molecule has 1 aliphatic heterocycles. The zero-order valence-electron chi connectivity index (χ0n) is 13.7. The van der Waals surface area contributed by atoms with Crippen LogP contribution in [0.3, 0.4) is 0 Å². The monoisotopic (exact) mass is 318 g/mol. The number of amides is 2. The van der Waals surface area contributed by atoms with E-state index >= 15 is 0 Å². The molecule has 0 radical (unpaired) electrons. The van der Waals surface area contributed by atoms with Gasteiger partial charge in [-0.25, -0.2) is 9.48 Å². The van der Waals surface area contributed by atoms with Gasteiger partial charge in [0.05, 0.1) is 25.0 Å². The SMILES string of the molecule is COc1c(NC(=O)N2CCCCC2c2cn[nH]c2)c(C)nn1C. The molecular formula is C15H22N6O2. The quantitative estimate of drug-likeness (QED) is 0.908. The molecule has 0 aromatic carbocycles. The number of aryl methyl sites for hydroxylation is 2. The molecule has 0 bridgehead atoms. The fourth-order valence-corrected chi connectivity index (χ4v) is 3.16. The van der Waals surface area contributed by atoms with Crippen LogP contribution in [0.15, 0.2) is 12.4 Å². The van der Waals surface area contributed by atoms with Crippen LogP contribution in [0.25, 0.3) is 0 Å². The van der Waals surface area contributed by atoms with Crippen molar-refractivity contribution in [3.63, 3.8) is 0 Å². The molecule has 1 atom stereocenters. The fraction of sp³-hybridized carbons (Fsp3) is 0.533. The number of hydrogen-bond acceptors (Lipinski definition) is 4. The Labute approximate surface area is 134 Å². The molecule has 1 fully saturated rings. The summed E-state index contributed by atoms with van der Waals surface area (Å²) < 4.78 is 6.96. The second-order valence-electron chi connectivity index (χ2n) is 5.76. The molecule has 2 aromatic heterocycles. The number of H-pyrrole nitrogens is 1. The van der Waals surface area contributed by atoms with Crippen LogP contribution in [-0.4, -0.2) is 44.6 Å². The number of carbonyl (C=O) groups is 1. The zero-order chi connectivity index (χ0) is 16.4. The largest absolute Gasteiger partial charge is 0.480 e. The number of likely N-dealkylation sites (tertiary alicyclic amines) is 1. The lowest BCUT2D eigenvalue weighted by Gasteiger charge is -2.35. The Kier molecular flexibility index (Phi) is 4.22. The number of nitrogens with zero attached hydrogens (tertiary/aromatic N) is 4. The summed E-state index contributed by atoms with van der Waals surface area (Å²) in [6, 6.07) is -0.0872. The number of ether oxygens (including phenoxy) is 1. The fourth-order valence-electron chi connectivity index (χ4n) is 3.16. The summed E-state index contributed by atoms with van der Waals surface area (Å²) in [5.74, 6) is 0.549. The number of anilines is 1. The van der Waals surface area contributed by atoms with Gasteiger partial charge in [0.25, 0.3) is 0 Å². The van der Waals surface area contributed by atoms with Crippen molar-refractivity contribution in [1.82, 2.24) is 24.9 Å². The van der Waals surface area contributed by atoms with Crippen LogP contribution in [0.5, 0.6) is 5.88 Å². The third kappa shape index (κ3) is 2.88. The van der Waals surface area contributed by atoms with Gasteiger partial charge in [0.15, 0.2) is 0 Å². The second kappa shape index (κ2) is 6.31. The van der Waals surface area contributed by atoms with Crippen molar-refractivity contribution in [2.75, 3.05) is 19.0 Å². The van der Waals surface area contributed by atoms with Gasteiger partial charge in [0.2, 0.25) is 5.88 Å². The Hall–Kier alpha value is -2.51. The number of nitrogens with one attached hydrogen (secondary N) is 2. The summed E-state index contributed by atoms with van der Waals surface area (Å²) in [6.45, 7) is 2.57. The maximum Gasteiger partial charge on any atom is 0.322 e. The van der Waals surface area contributed by atoms with E-state index in [9.17, 15) is 4.79 Å². The van der Waals surface area contributed by atoms with E-state index in [1.807, 2.05) is 18.0 Å². The van der Waals surface area contributed by atoms with Gasteiger partial charge in [-0.15, -0.1) is 0 Å². The third-order valence-corrected chi connectivity index (χ3v) is 4.26. The first-order valence-corrected chi connectivity index (χ1v) is 7.75. The van der Waals surface area contributed by atoms with Gasteiger partial charge in [-0.3, -0.25) is 5.10 Å². The van der Waals surface area contributed by atoms with E-state index in [4.69, 9.17) is 4.74 Å². The normalized spacial score (nSPS) is 18.0. The first-order chi connectivity index (χ1) is 11.1. The molecule has 0 spiro atoms. The molecule has 23 heavy (non-hydrogen) atoms. The van der Waals surface area contributed by atoms with Crippen LogP contribution in [0.2, 0.25) is 0 Å². The minimum atomic E-state index is -0.134. The average molecular weight is 318 g/mol. The maximum atomic E-state index is 12.8. The minimum Gasteiger partial charge on any atom is -0.480 e. The molecule has 1 saturated heterocycles. The van der Waals surface area contributed by atoms with E-state index in [1.165, 1.54) is 0 Å². The number of methoxy groups -OCH3 is 1. The van der Waals surface area contributed by atoms with Gasteiger partial charge in [-0.05, 0) is 26.2 Å². The average Bonchev–Trinajstić information content (AvgIpc) is 3.16. The third-order valence-electron chi connectivity index (χ3n) is 4.26. The Balaban J connectivity index is 1.82. The predicted octanol–water partition coefficient (Wildman–Crippen LogP) is 2.22. The van der Waals surface area contributed by atoms with Crippen LogP contribution >= 0.6 is 0 Å². The Morgan fingerprint density at radius 2 is 2.30 bits per heavy atom. The molecule has 2 N–H and O–H groups in total. The summed E-state index contributed by atoms with van der Waals surface area (Å²) in [5, 5.41) is 14.1. The molecule has 3 heterocycles. The van der Waals surface area contributed by atoms with Gasteiger partial charge in [-0.1, -0.05) is 0 Å². The molecule has 124 valence electrons. The molecule has 8 nitrogen and oxygen atoms in total. The van der Waals surface area contributed by atoms with Crippen LogP contribution < -0.4 is 10.1 Å². The molecule has 2 amide bonds. The van der Waals surface area contributed by atoms with Gasteiger partial charge in [0.1, 0.15) is 5.69 Å². The van der Waals surface area contributed by atoms with E-state index in [0.717, 1.165) is 37.1 Å².